The fourth-order valence-corrected chi connectivity index (χ4v) is 1.77. The van der Waals surface area contributed by atoms with Gasteiger partial charge >= 0.3 is 0 Å². The van der Waals surface area contributed by atoms with Gasteiger partial charge < -0.3 is 15.4 Å². The van der Waals surface area contributed by atoms with Gasteiger partial charge in [0.1, 0.15) is 5.75 Å². The monoisotopic (exact) mass is 264 g/mol. The van der Waals surface area contributed by atoms with Gasteiger partial charge in [-0.05, 0) is 25.5 Å². The van der Waals surface area contributed by atoms with Gasteiger partial charge in [-0.1, -0.05) is 32.0 Å². The van der Waals surface area contributed by atoms with Crippen molar-refractivity contribution in [3.63, 3.8) is 0 Å². The Bertz CT molecular complexity index is 405. The van der Waals surface area contributed by atoms with E-state index in [4.69, 9.17) is 4.74 Å². The molecule has 4 heteroatoms. The first-order chi connectivity index (χ1) is 9.19. The molecule has 1 rings (SSSR count). The molecule has 0 saturated heterocycles. The van der Waals surface area contributed by atoms with Crippen LogP contribution in [-0.2, 0) is 11.3 Å². The molecule has 1 aromatic rings. The largest absolute Gasteiger partial charge is 0.483 e. The molecule has 0 bridgehead atoms. The molecule has 0 saturated carbocycles. The van der Waals surface area contributed by atoms with Crippen LogP contribution in [0.15, 0.2) is 18.2 Å². The van der Waals surface area contributed by atoms with Crippen LogP contribution in [0.5, 0.6) is 5.75 Å². The molecular weight excluding hydrogens is 240 g/mol. The van der Waals surface area contributed by atoms with Crippen LogP contribution >= 0.6 is 0 Å². The van der Waals surface area contributed by atoms with E-state index in [1.807, 2.05) is 32.0 Å². The number of hydrogen-bond donors (Lipinski definition) is 2. The maximum Gasteiger partial charge on any atom is 0.257 e. The van der Waals surface area contributed by atoms with Crippen molar-refractivity contribution in [2.45, 2.75) is 33.7 Å². The summed E-state index contributed by atoms with van der Waals surface area (Å²) in [5.74, 6) is 0.745. The number of amides is 1. The molecule has 106 valence electrons. The minimum absolute atomic E-state index is 0.0699. The Hall–Kier alpha value is -1.55. The lowest BCUT2D eigenvalue weighted by Gasteiger charge is -2.14. The normalized spacial score (nSPS) is 10.3. The van der Waals surface area contributed by atoms with E-state index in [9.17, 15) is 4.79 Å². The Labute approximate surface area is 115 Å². The number of carbonyl (C=O) groups is 1. The van der Waals surface area contributed by atoms with Crippen molar-refractivity contribution in [1.29, 1.82) is 0 Å². The van der Waals surface area contributed by atoms with Gasteiger partial charge in [-0.15, -0.1) is 0 Å². The highest BCUT2D eigenvalue weighted by molar-refractivity contribution is 5.77. The van der Waals surface area contributed by atoms with Crippen molar-refractivity contribution >= 4 is 5.91 Å². The topological polar surface area (TPSA) is 50.4 Å². The quantitative estimate of drug-likeness (QED) is 0.755. The average Bonchev–Trinajstić information content (AvgIpc) is 2.41. The summed E-state index contributed by atoms with van der Waals surface area (Å²) < 4.78 is 5.67. The van der Waals surface area contributed by atoms with Crippen LogP contribution in [0.25, 0.3) is 0 Å². The fourth-order valence-electron chi connectivity index (χ4n) is 1.77. The van der Waals surface area contributed by atoms with E-state index in [1.165, 1.54) is 0 Å². The predicted molar refractivity (Wildman–Crippen MR) is 77.4 cm³/mol. The van der Waals surface area contributed by atoms with Crippen LogP contribution in [0.2, 0.25) is 0 Å². The minimum atomic E-state index is -0.0699. The number of para-hydroxylation sites is 1. The fraction of sp³-hybridized carbons (Fsp3) is 0.533. The molecule has 1 aromatic carbocycles. The molecule has 0 fully saturated rings. The summed E-state index contributed by atoms with van der Waals surface area (Å²) >= 11 is 0. The predicted octanol–water partition coefficient (Wildman–Crippen LogP) is 2.01. The molecule has 0 unspecified atom stereocenters. The van der Waals surface area contributed by atoms with Gasteiger partial charge in [0.15, 0.2) is 6.61 Å². The molecule has 2 N–H and O–H groups in total. The molecule has 4 nitrogen and oxygen atoms in total. The lowest BCUT2D eigenvalue weighted by atomic mass is 10.1. The van der Waals surface area contributed by atoms with Gasteiger partial charge in [-0.3, -0.25) is 4.79 Å². The number of rotatable bonds is 8. The van der Waals surface area contributed by atoms with Gasteiger partial charge in [-0.25, -0.2) is 0 Å². The number of benzene rings is 1. The molecule has 0 spiro atoms. The number of hydrogen-bond acceptors (Lipinski definition) is 3. The van der Waals surface area contributed by atoms with Crippen LogP contribution < -0.4 is 15.4 Å². The third kappa shape index (κ3) is 5.30. The zero-order chi connectivity index (χ0) is 14.1. The smallest absolute Gasteiger partial charge is 0.257 e. The lowest BCUT2D eigenvalue weighted by molar-refractivity contribution is -0.123. The van der Waals surface area contributed by atoms with Gasteiger partial charge in [0.25, 0.3) is 5.91 Å². The Kier molecular flexibility index (Phi) is 6.97. The first-order valence-corrected chi connectivity index (χ1v) is 6.87. The first-order valence-electron chi connectivity index (χ1n) is 6.87. The van der Waals surface area contributed by atoms with Gasteiger partial charge in [0.2, 0.25) is 0 Å². The molecule has 1 amide bonds. The minimum Gasteiger partial charge on any atom is -0.483 e. The third-order valence-electron chi connectivity index (χ3n) is 2.78. The zero-order valence-corrected chi connectivity index (χ0v) is 12.1. The van der Waals surface area contributed by atoms with Crippen LogP contribution in [0.1, 0.15) is 31.4 Å². The number of ether oxygens (including phenoxy) is 1. The summed E-state index contributed by atoms with van der Waals surface area (Å²) in [6, 6.07) is 6.02. The third-order valence-corrected chi connectivity index (χ3v) is 2.78. The maximum absolute atomic E-state index is 11.6. The van der Waals surface area contributed by atoms with Gasteiger partial charge in [0, 0.05) is 18.7 Å². The summed E-state index contributed by atoms with van der Waals surface area (Å²) in [6.07, 6.45) is 0.932. The van der Waals surface area contributed by atoms with E-state index in [-0.39, 0.29) is 12.5 Å². The lowest BCUT2D eigenvalue weighted by Crippen LogP contribution is -2.29. The number of nitrogens with one attached hydrogen (secondary N) is 2. The molecule has 0 aliphatic carbocycles. The van der Waals surface area contributed by atoms with E-state index in [0.717, 1.165) is 36.4 Å². The van der Waals surface area contributed by atoms with Crippen molar-refractivity contribution < 1.29 is 9.53 Å². The van der Waals surface area contributed by atoms with Crippen LogP contribution in [0.3, 0.4) is 0 Å². The van der Waals surface area contributed by atoms with Crippen molar-refractivity contribution in [2.24, 2.45) is 0 Å². The molecule has 19 heavy (non-hydrogen) atoms. The van der Waals surface area contributed by atoms with Crippen molar-refractivity contribution in [3.8, 4) is 5.75 Å². The van der Waals surface area contributed by atoms with Crippen LogP contribution in [0.4, 0.5) is 0 Å². The van der Waals surface area contributed by atoms with E-state index in [2.05, 4.69) is 17.6 Å². The Balaban J connectivity index is 2.62. The van der Waals surface area contributed by atoms with Crippen molar-refractivity contribution in [3.05, 3.63) is 29.3 Å². The number of aryl methyl sites for hydroxylation is 1. The second kappa shape index (κ2) is 8.53. The second-order valence-corrected chi connectivity index (χ2v) is 4.48. The van der Waals surface area contributed by atoms with Crippen molar-refractivity contribution in [2.75, 3.05) is 19.7 Å². The first kappa shape index (κ1) is 15.5. The summed E-state index contributed by atoms with van der Waals surface area (Å²) in [5, 5.41) is 6.08. The Morgan fingerprint density at radius 3 is 2.79 bits per heavy atom. The molecule has 0 heterocycles. The summed E-state index contributed by atoms with van der Waals surface area (Å²) in [6.45, 7) is 8.51. The maximum atomic E-state index is 11.6. The summed E-state index contributed by atoms with van der Waals surface area (Å²) in [4.78, 5) is 11.6. The van der Waals surface area contributed by atoms with Gasteiger partial charge in [0.05, 0.1) is 0 Å². The van der Waals surface area contributed by atoms with Crippen LogP contribution in [0, 0.1) is 6.92 Å². The van der Waals surface area contributed by atoms with E-state index in [1.54, 1.807) is 0 Å². The Morgan fingerprint density at radius 2 is 2.11 bits per heavy atom. The van der Waals surface area contributed by atoms with E-state index < -0.39 is 0 Å². The summed E-state index contributed by atoms with van der Waals surface area (Å²) in [7, 11) is 0. The van der Waals surface area contributed by atoms with E-state index in [0.29, 0.717) is 6.54 Å². The Morgan fingerprint density at radius 1 is 1.32 bits per heavy atom. The molecule has 0 aliphatic rings. The highest BCUT2D eigenvalue weighted by Gasteiger charge is 2.08. The molecule has 0 aromatic heterocycles. The molecule has 0 aliphatic heterocycles. The average molecular weight is 264 g/mol. The molecule has 0 atom stereocenters. The van der Waals surface area contributed by atoms with E-state index >= 15 is 0 Å². The summed E-state index contributed by atoms with van der Waals surface area (Å²) in [5.41, 5.74) is 2.14. The molecular formula is C15H24N2O2. The standard InChI is InChI=1S/C15H24N2O2/c1-4-9-17-14(18)11-19-15-12(3)7-6-8-13(15)10-16-5-2/h6-8,16H,4-5,9-11H2,1-3H3,(H,17,18). The SMILES string of the molecule is CCCNC(=O)COc1c(C)cccc1CNCC. The number of carbonyl (C=O) groups excluding carboxylic acids is 1. The second-order valence-electron chi connectivity index (χ2n) is 4.48. The van der Waals surface area contributed by atoms with Gasteiger partial charge in [-0.2, -0.15) is 0 Å². The highest BCUT2D eigenvalue weighted by Crippen LogP contribution is 2.23. The molecule has 0 radical (unpaired) electrons. The van der Waals surface area contributed by atoms with Crippen molar-refractivity contribution in [1.82, 2.24) is 10.6 Å². The zero-order valence-electron chi connectivity index (χ0n) is 12.1. The highest BCUT2D eigenvalue weighted by atomic mass is 16.5. The van der Waals surface area contributed by atoms with Crippen LogP contribution in [-0.4, -0.2) is 25.6 Å².